The minimum absolute atomic E-state index is 0.0272. The Bertz CT molecular complexity index is 844. The molecule has 0 saturated carbocycles. The van der Waals surface area contributed by atoms with Crippen molar-refractivity contribution >= 4 is 16.9 Å². The van der Waals surface area contributed by atoms with Gasteiger partial charge in [0.05, 0.1) is 18.0 Å². The van der Waals surface area contributed by atoms with Crippen molar-refractivity contribution in [3.05, 3.63) is 34.2 Å². The molecule has 1 N–H and O–H groups in total. The zero-order valence-electron chi connectivity index (χ0n) is 15.0. The molecule has 0 aliphatic carbocycles. The third-order valence-electron chi connectivity index (χ3n) is 3.92. The molecule has 0 aliphatic heterocycles. The lowest BCUT2D eigenvalue weighted by molar-refractivity contribution is 0.0694. The van der Waals surface area contributed by atoms with Gasteiger partial charge in [0, 0.05) is 24.0 Å². The number of rotatable bonds is 4. The van der Waals surface area contributed by atoms with Gasteiger partial charge < -0.3 is 14.4 Å². The van der Waals surface area contributed by atoms with E-state index >= 15 is 0 Å². The highest BCUT2D eigenvalue weighted by Crippen LogP contribution is 2.34. The Morgan fingerprint density at radius 2 is 1.92 bits per heavy atom. The van der Waals surface area contributed by atoms with Gasteiger partial charge in [0.2, 0.25) is 11.3 Å². The largest absolute Gasteiger partial charge is 0.481 e. The second-order valence-electron chi connectivity index (χ2n) is 7.84. The van der Waals surface area contributed by atoms with Gasteiger partial charge in [0.1, 0.15) is 5.56 Å². The molecule has 2 heterocycles. The summed E-state index contributed by atoms with van der Waals surface area (Å²) in [5.74, 6) is -0.858. The number of carbonyl (C=O) groups is 1. The molecule has 0 spiro atoms. The number of ether oxygens (including phenoxy) is 1. The molecule has 2 rings (SSSR count). The van der Waals surface area contributed by atoms with Crippen LogP contribution < -0.4 is 10.2 Å². The molecule has 0 unspecified atom stereocenters. The van der Waals surface area contributed by atoms with Crippen LogP contribution >= 0.6 is 0 Å². The van der Waals surface area contributed by atoms with Crippen molar-refractivity contribution in [1.82, 2.24) is 9.55 Å². The number of nitrogens with zero attached hydrogens (tertiary/aromatic N) is 2. The first kappa shape index (κ1) is 18.0. The van der Waals surface area contributed by atoms with Gasteiger partial charge in [0.25, 0.3) is 0 Å². The fraction of sp³-hybridized carbons (Fsp3) is 0.500. The summed E-state index contributed by atoms with van der Waals surface area (Å²) in [4.78, 5) is 28.0. The van der Waals surface area contributed by atoms with E-state index in [0.717, 1.165) is 6.42 Å². The number of methoxy groups -OCH3 is 1. The Hall–Kier alpha value is -2.37. The first-order valence-corrected chi connectivity index (χ1v) is 7.79. The van der Waals surface area contributed by atoms with Gasteiger partial charge in [-0.05, 0) is 25.7 Å². The molecule has 0 aromatic carbocycles. The van der Waals surface area contributed by atoms with Gasteiger partial charge in [-0.2, -0.15) is 0 Å². The van der Waals surface area contributed by atoms with Crippen LogP contribution in [0.5, 0.6) is 5.88 Å². The predicted molar refractivity (Wildman–Crippen MR) is 92.9 cm³/mol. The summed E-state index contributed by atoms with van der Waals surface area (Å²) in [5.41, 5.74) is -0.543. The summed E-state index contributed by atoms with van der Waals surface area (Å²) in [6, 6.07) is 1.67. The number of carboxylic acids is 1. The number of aromatic nitrogens is 2. The number of fused-ring (bicyclic) bond motifs is 1. The fourth-order valence-electron chi connectivity index (χ4n) is 3.35. The molecular formula is C18H24N2O4. The lowest BCUT2D eigenvalue weighted by Crippen LogP contribution is -2.34. The van der Waals surface area contributed by atoms with Crippen LogP contribution in [0.2, 0.25) is 0 Å². The Labute approximate surface area is 141 Å². The van der Waals surface area contributed by atoms with Crippen LogP contribution in [0, 0.1) is 5.41 Å². The molecule has 2 aromatic heterocycles. The molecule has 0 amide bonds. The zero-order chi connectivity index (χ0) is 18.3. The van der Waals surface area contributed by atoms with E-state index in [9.17, 15) is 14.7 Å². The highest BCUT2D eigenvalue weighted by atomic mass is 16.5. The van der Waals surface area contributed by atoms with Crippen LogP contribution in [-0.2, 0) is 5.54 Å². The van der Waals surface area contributed by atoms with Gasteiger partial charge in [-0.15, -0.1) is 0 Å². The summed E-state index contributed by atoms with van der Waals surface area (Å²) in [5, 5.41) is 9.67. The van der Waals surface area contributed by atoms with Crippen LogP contribution in [0.4, 0.5) is 0 Å². The monoisotopic (exact) mass is 332 g/mol. The fourth-order valence-corrected chi connectivity index (χ4v) is 3.35. The number of hydrogen-bond donors (Lipinski definition) is 1. The highest BCUT2D eigenvalue weighted by molar-refractivity contribution is 5.92. The lowest BCUT2D eigenvalue weighted by Gasteiger charge is -2.36. The predicted octanol–water partition coefficient (Wildman–Crippen LogP) is 3.27. The molecule has 6 heteroatoms. The minimum Gasteiger partial charge on any atom is -0.481 e. The second-order valence-corrected chi connectivity index (χ2v) is 7.84. The van der Waals surface area contributed by atoms with Crippen molar-refractivity contribution in [2.24, 2.45) is 5.41 Å². The van der Waals surface area contributed by atoms with Gasteiger partial charge >= 0.3 is 5.97 Å². The van der Waals surface area contributed by atoms with Crippen LogP contribution in [0.15, 0.2) is 23.3 Å². The molecular weight excluding hydrogens is 308 g/mol. The quantitative estimate of drug-likeness (QED) is 0.929. The minimum atomic E-state index is -1.24. The molecule has 6 nitrogen and oxygen atoms in total. The first-order valence-electron chi connectivity index (χ1n) is 7.79. The number of aromatic carboxylic acids is 1. The van der Waals surface area contributed by atoms with Crippen molar-refractivity contribution in [2.75, 3.05) is 7.11 Å². The molecule has 0 radical (unpaired) electrons. The molecule has 0 fully saturated rings. The van der Waals surface area contributed by atoms with E-state index in [1.165, 1.54) is 19.5 Å². The second kappa shape index (κ2) is 5.92. The number of pyridine rings is 2. The molecule has 24 heavy (non-hydrogen) atoms. The van der Waals surface area contributed by atoms with Crippen molar-refractivity contribution in [2.45, 2.75) is 46.6 Å². The topological polar surface area (TPSA) is 81.4 Å². The van der Waals surface area contributed by atoms with Gasteiger partial charge in [-0.1, -0.05) is 20.8 Å². The van der Waals surface area contributed by atoms with E-state index in [-0.39, 0.29) is 16.4 Å². The zero-order valence-corrected chi connectivity index (χ0v) is 15.0. The maximum absolute atomic E-state index is 12.5. The average Bonchev–Trinajstić information content (AvgIpc) is 2.43. The maximum Gasteiger partial charge on any atom is 0.341 e. The summed E-state index contributed by atoms with van der Waals surface area (Å²) < 4.78 is 7.02. The highest BCUT2D eigenvalue weighted by Gasteiger charge is 2.29. The van der Waals surface area contributed by atoms with Crippen LogP contribution in [0.1, 0.15) is 51.4 Å². The standard InChI is InChI=1S/C18H24N2O4/c1-17(2,3)10-18(4,5)20-9-12(16(22)23)15(21)11-8-19-14(24-6)7-13(11)20/h7-9H,10H2,1-6H3,(H,22,23). The molecule has 0 aliphatic rings. The third-order valence-corrected chi connectivity index (χ3v) is 3.92. The number of carboxylic acid groups (broad SMARTS) is 1. The van der Waals surface area contributed by atoms with Crippen molar-refractivity contribution in [1.29, 1.82) is 0 Å². The summed E-state index contributed by atoms with van der Waals surface area (Å²) in [7, 11) is 1.50. The van der Waals surface area contributed by atoms with Crippen molar-refractivity contribution in [3.63, 3.8) is 0 Å². The van der Waals surface area contributed by atoms with E-state index in [4.69, 9.17) is 4.74 Å². The summed E-state index contributed by atoms with van der Waals surface area (Å²) in [6.07, 6.45) is 3.60. The molecule has 130 valence electrons. The number of hydrogen-bond acceptors (Lipinski definition) is 4. The van der Waals surface area contributed by atoms with Gasteiger partial charge in [0.15, 0.2) is 0 Å². The van der Waals surface area contributed by atoms with Crippen LogP contribution in [0.25, 0.3) is 10.9 Å². The van der Waals surface area contributed by atoms with Crippen LogP contribution in [0.3, 0.4) is 0 Å². The Balaban J connectivity index is 2.86. The van der Waals surface area contributed by atoms with Gasteiger partial charge in [-0.3, -0.25) is 4.79 Å². The molecule has 0 bridgehead atoms. The van der Waals surface area contributed by atoms with Crippen molar-refractivity contribution in [3.8, 4) is 5.88 Å². The Kier molecular flexibility index (Phi) is 4.44. The Morgan fingerprint density at radius 3 is 2.42 bits per heavy atom. The summed E-state index contributed by atoms with van der Waals surface area (Å²) >= 11 is 0. The maximum atomic E-state index is 12.5. The normalized spacial score (nSPS) is 12.4. The van der Waals surface area contributed by atoms with Crippen molar-refractivity contribution < 1.29 is 14.6 Å². The van der Waals surface area contributed by atoms with Gasteiger partial charge in [-0.25, -0.2) is 9.78 Å². The average molecular weight is 332 g/mol. The molecule has 0 atom stereocenters. The third kappa shape index (κ3) is 3.42. The molecule has 2 aromatic rings. The smallest absolute Gasteiger partial charge is 0.341 e. The van der Waals surface area contributed by atoms with Crippen LogP contribution in [-0.4, -0.2) is 27.7 Å². The van der Waals surface area contributed by atoms with E-state index in [1.54, 1.807) is 6.07 Å². The van der Waals surface area contributed by atoms with E-state index in [2.05, 4.69) is 25.8 Å². The molecule has 0 saturated heterocycles. The lowest BCUT2D eigenvalue weighted by atomic mass is 9.81. The SMILES string of the molecule is COc1cc2c(cn1)c(=O)c(C(=O)O)cn2C(C)(C)CC(C)(C)C. The Morgan fingerprint density at radius 1 is 1.29 bits per heavy atom. The van der Waals surface area contributed by atoms with E-state index in [1.807, 2.05) is 18.4 Å². The first-order chi connectivity index (χ1) is 11.0. The van der Waals surface area contributed by atoms with E-state index in [0.29, 0.717) is 11.4 Å². The van der Waals surface area contributed by atoms with E-state index < -0.39 is 16.9 Å². The summed E-state index contributed by atoms with van der Waals surface area (Å²) in [6.45, 7) is 10.4.